The van der Waals surface area contributed by atoms with Crippen molar-refractivity contribution >= 4 is 40.1 Å². The average molecular weight is 452 g/mol. The smallest absolute Gasteiger partial charge is 0.450 e. The molecule has 0 radical (unpaired) electrons. The number of thioether (sulfide) groups is 1. The lowest BCUT2D eigenvalue weighted by Gasteiger charge is -2.31. The number of rotatable bonds is 3. The fourth-order valence-corrected chi connectivity index (χ4v) is 6.29. The number of carbonyl (C=O) groups excluding carboxylic acids is 1. The minimum Gasteiger partial charge on any atom is -0.450 e. The summed E-state index contributed by atoms with van der Waals surface area (Å²) in [5.74, 6) is -0.337. The van der Waals surface area contributed by atoms with Crippen LogP contribution in [0.15, 0.2) is 9.82 Å². The SMILES string of the molecule is CSc1nc2sc3c(n2c(=O)c1C(=O)N1CCC(OC(=O)O)CC1)CCC(C)(C)C3. The second-order valence-corrected chi connectivity index (χ2v) is 10.5. The lowest BCUT2D eigenvalue weighted by Crippen LogP contribution is -2.43. The number of aromatic nitrogens is 2. The second-order valence-electron chi connectivity index (χ2n) is 8.61. The molecule has 2 aliphatic rings. The highest BCUT2D eigenvalue weighted by atomic mass is 32.2. The van der Waals surface area contributed by atoms with Gasteiger partial charge in [-0.2, -0.15) is 0 Å². The third-order valence-corrected chi connectivity index (χ3v) is 7.67. The molecule has 0 atom stereocenters. The zero-order valence-corrected chi connectivity index (χ0v) is 18.9. The predicted octanol–water partition coefficient (Wildman–Crippen LogP) is 3.29. The fourth-order valence-electron chi connectivity index (χ4n) is 4.26. The highest BCUT2D eigenvalue weighted by Crippen LogP contribution is 2.38. The molecule has 1 N–H and O–H groups in total. The van der Waals surface area contributed by atoms with Crippen molar-refractivity contribution < 1.29 is 19.4 Å². The number of hydrogen-bond donors (Lipinski definition) is 1. The lowest BCUT2D eigenvalue weighted by atomic mass is 9.79. The van der Waals surface area contributed by atoms with Crippen molar-refractivity contribution in [2.45, 2.75) is 57.1 Å². The minimum atomic E-state index is -1.30. The number of aryl methyl sites for hydroxylation is 1. The molecule has 4 rings (SSSR count). The van der Waals surface area contributed by atoms with Crippen LogP contribution in [0.1, 0.15) is 54.0 Å². The fraction of sp³-hybridized carbons (Fsp3) is 0.600. The van der Waals surface area contributed by atoms with Gasteiger partial charge in [-0.25, -0.2) is 9.78 Å². The first-order chi connectivity index (χ1) is 14.2. The van der Waals surface area contributed by atoms with Crippen LogP contribution in [0.5, 0.6) is 0 Å². The third-order valence-electron chi connectivity index (χ3n) is 5.91. The number of fused-ring (bicyclic) bond motifs is 3. The van der Waals surface area contributed by atoms with Crippen LogP contribution >= 0.6 is 23.1 Å². The quantitative estimate of drug-likeness (QED) is 0.434. The van der Waals surface area contributed by atoms with Crippen molar-refractivity contribution in [3.05, 3.63) is 26.5 Å². The van der Waals surface area contributed by atoms with E-state index in [2.05, 4.69) is 18.8 Å². The topological polar surface area (TPSA) is 101 Å². The Bertz CT molecular complexity index is 1070. The second kappa shape index (κ2) is 7.88. The predicted molar refractivity (Wildman–Crippen MR) is 115 cm³/mol. The maximum absolute atomic E-state index is 13.5. The molecular weight excluding hydrogens is 426 g/mol. The number of likely N-dealkylation sites (tertiary alicyclic amines) is 1. The van der Waals surface area contributed by atoms with E-state index in [0.717, 1.165) is 25.0 Å². The summed E-state index contributed by atoms with van der Waals surface area (Å²) in [6, 6.07) is 0. The van der Waals surface area contributed by atoms with Gasteiger partial charge in [0.1, 0.15) is 16.7 Å². The van der Waals surface area contributed by atoms with Crippen molar-refractivity contribution in [3.63, 3.8) is 0 Å². The summed E-state index contributed by atoms with van der Waals surface area (Å²) in [4.78, 5) is 45.6. The molecule has 2 aromatic heterocycles. The van der Waals surface area contributed by atoms with Gasteiger partial charge in [0.05, 0.1) is 0 Å². The lowest BCUT2D eigenvalue weighted by molar-refractivity contribution is 0.0197. The maximum Gasteiger partial charge on any atom is 0.506 e. The molecule has 1 saturated heterocycles. The summed E-state index contributed by atoms with van der Waals surface area (Å²) in [5, 5.41) is 9.23. The largest absolute Gasteiger partial charge is 0.506 e. The van der Waals surface area contributed by atoms with E-state index in [-0.39, 0.29) is 22.4 Å². The van der Waals surface area contributed by atoms with Crippen molar-refractivity contribution in [2.24, 2.45) is 5.41 Å². The Kier molecular flexibility index (Phi) is 5.56. The number of thiazole rings is 1. The van der Waals surface area contributed by atoms with Crippen LogP contribution in [0.4, 0.5) is 4.79 Å². The Morgan fingerprint density at radius 3 is 2.63 bits per heavy atom. The number of ether oxygens (including phenoxy) is 1. The maximum atomic E-state index is 13.5. The first-order valence-electron chi connectivity index (χ1n) is 10.0. The van der Waals surface area contributed by atoms with E-state index < -0.39 is 12.3 Å². The van der Waals surface area contributed by atoms with Crippen LogP contribution in [0.2, 0.25) is 0 Å². The van der Waals surface area contributed by atoms with Gasteiger partial charge in [0.15, 0.2) is 4.96 Å². The van der Waals surface area contributed by atoms with Crippen molar-refractivity contribution in [3.8, 4) is 0 Å². The standard InChI is InChI=1S/C20H25N3O5S2/c1-20(2)7-4-12-13(10-20)30-18-21-15(29-3)14(17(25)23(12)18)16(24)22-8-5-11(6-9-22)28-19(26)27/h11H,4-10H2,1-3H3,(H,26,27). The van der Waals surface area contributed by atoms with E-state index >= 15 is 0 Å². The Balaban J connectivity index is 1.69. The number of carbonyl (C=O) groups is 2. The van der Waals surface area contributed by atoms with Gasteiger partial charge < -0.3 is 14.7 Å². The molecule has 1 aliphatic carbocycles. The number of nitrogens with zero attached hydrogens (tertiary/aromatic N) is 3. The van der Waals surface area contributed by atoms with E-state index in [0.29, 0.717) is 35.9 Å². The minimum absolute atomic E-state index is 0.114. The molecule has 0 saturated carbocycles. The van der Waals surface area contributed by atoms with Crippen molar-refractivity contribution in [2.75, 3.05) is 19.3 Å². The monoisotopic (exact) mass is 451 g/mol. The molecule has 30 heavy (non-hydrogen) atoms. The van der Waals surface area contributed by atoms with Gasteiger partial charge in [-0.05, 0) is 30.9 Å². The summed E-state index contributed by atoms with van der Waals surface area (Å²) in [7, 11) is 0. The molecule has 1 aliphatic heterocycles. The number of hydrogen-bond acceptors (Lipinski definition) is 7. The summed E-state index contributed by atoms with van der Waals surface area (Å²) in [5.41, 5.74) is 1.00. The molecule has 1 amide bonds. The van der Waals surface area contributed by atoms with Crippen LogP contribution in [-0.2, 0) is 17.6 Å². The van der Waals surface area contributed by atoms with Gasteiger partial charge >= 0.3 is 6.16 Å². The van der Waals surface area contributed by atoms with Gasteiger partial charge in [-0.3, -0.25) is 14.0 Å². The molecule has 10 heteroatoms. The van der Waals surface area contributed by atoms with E-state index in [1.807, 2.05) is 6.26 Å². The van der Waals surface area contributed by atoms with E-state index in [4.69, 9.17) is 9.84 Å². The first kappa shape index (κ1) is 21.2. The molecule has 2 aromatic rings. The van der Waals surface area contributed by atoms with Gasteiger partial charge in [-0.1, -0.05) is 13.8 Å². The van der Waals surface area contributed by atoms with E-state index in [9.17, 15) is 14.4 Å². The van der Waals surface area contributed by atoms with Gasteiger partial charge in [0.25, 0.3) is 11.5 Å². The Labute approximate surface area is 182 Å². The van der Waals surface area contributed by atoms with Crippen molar-refractivity contribution in [1.82, 2.24) is 14.3 Å². The molecular formula is C20H25N3O5S2. The third kappa shape index (κ3) is 3.82. The summed E-state index contributed by atoms with van der Waals surface area (Å²) in [6.07, 6.45) is 3.64. The van der Waals surface area contributed by atoms with Gasteiger partial charge in [0, 0.05) is 36.5 Å². The van der Waals surface area contributed by atoms with Crippen molar-refractivity contribution in [1.29, 1.82) is 0 Å². The van der Waals surface area contributed by atoms with Crippen LogP contribution in [0, 0.1) is 5.41 Å². The molecule has 8 nitrogen and oxygen atoms in total. The Hall–Kier alpha value is -2.07. The highest BCUT2D eigenvalue weighted by Gasteiger charge is 2.33. The number of amides is 1. The van der Waals surface area contributed by atoms with E-state index in [1.165, 1.54) is 16.6 Å². The van der Waals surface area contributed by atoms with Crippen LogP contribution < -0.4 is 5.56 Å². The molecule has 3 heterocycles. The zero-order valence-electron chi connectivity index (χ0n) is 17.3. The summed E-state index contributed by atoms with van der Waals surface area (Å²) < 4.78 is 6.46. The van der Waals surface area contributed by atoms with Crippen LogP contribution in [-0.4, -0.2) is 56.9 Å². The van der Waals surface area contributed by atoms with E-state index in [1.54, 1.807) is 20.6 Å². The first-order valence-corrected chi connectivity index (χ1v) is 12.0. The highest BCUT2D eigenvalue weighted by molar-refractivity contribution is 7.98. The molecule has 0 bridgehead atoms. The molecule has 0 aromatic carbocycles. The number of carboxylic acid groups (broad SMARTS) is 1. The summed E-state index contributed by atoms with van der Waals surface area (Å²) >= 11 is 2.85. The zero-order chi connectivity index (χ0) is 21.6. The normalized spacial score (nSPS) is 19.0. The van der Waals surface area contributed by atoms with Crippen LogP contribution in [0.25, 0.3) is 4.96 Å². The Morgan fingerprint density at radius 1 is 1.30 bits per heavy atom. The number of piperidine rings is 1. The molecule has 1 fully saturated rings. The van der Waals surface area contributed by atoms with Crippen LogP contribution in [0.3, 0.4) is 0 Å². The molecule has 0 unspecified atom stereocenters. The molecule has 0 spiro atoms. The van der Waals surface area contributed by atoms with Gasteiger partial charge in [0.2, 0.25) is 0 Å². The Morgan fingerprint density at radius 2 is 2.00 bits per heavy atom. The molecule has 162 valence electrons. The average Bonchev–Trinajstić information content (AvgIpc) is 3.03. The van der Waals surface area contributed by atoms with Gasteiger partial charge in [-0.15, -0.1) is 23.1 Å². The summed E-state index contributed by atoms with van der Waals surface area (Å²) in [6.45, 7) is 5.17.